The molecule has 2 aliphatic carbocycles. The normalized spacial score (nSPS) is 14.4. The third-order valence-electron chi connectivity index (χ3n) is 15.8. The van der Waals surface area contributed by atoms with Gasteiger partial charge in [-0.2, -0.15) is 0 Å². The Labute approximate surface area is 381 Å². The number of hydrogen-bond donors (Lipinski definition) is 0. The second-order valence-electron chi connectivity index (χ2n) is 18.9. The molecular formula is C66H38. The van der Waals surface area contributed by atoms with Crippen LogP contribution in [0.15, 0.2) is 206 Å². The van der Waals surface area contributed by atoms with Crippen LogP contribution in [0.3, 0.4) is 0 Å². The fourth-order valence-corrected chi connectivity index (χ4v) is 13.2. The lowest BCUT2D eigenvalue weighted by molar-refractivity contribution is 0.824. The van der Waals surface area contributed by atoms with Gasteiger partial charge in [-0.1, -0.05) is 194 Å². The van der Waals surface area contributed by atoms with Crippen molar-refractivity contribution < 1.29 is 0 Å². The molecule has 0 aromatic heterocycles. The van der Waals surface area contributed by atoms with Crippen molar-refractivity contribution in [3.63, 3.8) is 0 Å². The second kappa shape index (κ2) is 12.7. The van der Waals surface area contributed by atoms with Gasteiger partial charge in [-0.15, -0.1) is 0 Å². The maximum atomic E-state index is 2.49. The zero-order valence-corrected chi connectivity index (χ0v) is 36.0. The van der Waals surface area contributed by atoms with Crippen molar-refractivity contribution in [3.05, 3.63) is 223 Å². The van der Waals surface area contributed by atoms with Gasteiger partial charge < -0.3 is 0 Å². The smallest absolute Gasteiger partial charge is 0.0143 e. The summed E-state index contributed by atoms with van der Waals surface area (Å²) in [4.78, 5) is 0. The second-order valence-corrected chi connectivity index (χ2v) is 18.9. The van der Waals surface area contributed by atoms with E-state index in [2.05, 4.69) is 212 Å². The molecule has 2 aliphatic rings. The first-order valence-corrected chi connectivity index (χ1v) is 23.4. The van der Waals surface area contributed by atoms with Crippen LogP contribution in [-0.2, 0) is 0 Å². The molecule has 14 aromatic rings. The van der Waals surface area contributed by atoms with Gasteiger partial charge in [0.1, 0.15) is 0 Å². The SMILES string of the molecule is C1=Cc2c(-c3cc(-c4ccc5c6cccc7cccc(c8cccc4c85)c76)cc(-c4ccc5c6cccc7cccc(c8cccc4c85)c76)c3)ccc3c2C(C1)c1cccc2cccc-3c12. The number of hydrogen-bond acceptors (Lipinski definition) is 0. The van der Waals surface area contributed by atoms with Crippen LogP contribution in [0, 0.1) is 0 Å². The molecule has 1 atom stereocenters. The third kappa shape index (κ3) is 4.48. The van der Waals surface area contributed by atoms with E-state index in [9.17, 15) is 0 Å². The molecule has 0 radical (unpaired) electrons. The van der Waals surface area contributed by atoms with Crippen molar-refractivity contribution in [1.82, 2.24) is 0 Å². The summed E-state index contributed by atoms with van der Waals surface area (Å²) >= 11 is 0. The average molecular weight is 831 g/mol. The Morgan fingerprint density at radius 1 is 0.288 bits per heavy atom. The standard InChI is InChI=1S/C66H38/c1-10-37-13-4-19-52-58-31-28-43(46-22-7-25-55(64(46)58)49(16-1)61(37)52)40-34-41(44-29-32-59-53-20-5-14-38-11-2-17-50(62(38)53)56-26-8-23-47(44)65(56)59)36-42(35-40)45-30-33-60-54-21-6-15-39-12-3-18-51(63(39)54)57-27-9-24-48(45)66(57)60/h1-26,28-36,57H,27H2. The Kier molecular flexibility index (Phi) is 6.74. The Bertz CT molecular complexity index is 4170. The van der Waals surface area contributed by atoms with Crippen molar-refractivity contribution in [2.75, 3.05) is 0 Å². The van der Waals surface area contributed by atoms with Gasteiger partial charge in [0.15, 0.2) is 0 Å². The molecule has 0 saturated carbocycles. The zero-order chi connectivity index (χ0) is 42.8. The van der Waals surface area contributed by atoms with Gasteiger partial charge in [-0.3, -0.25) is 0 Å². The molecule has 16 rings (SSSR count). The maximum Gasteiger partial charge on any atom is 0.0143 e. The summed E-state index contributed by atoms with van der Waals surface area (Å²) in [5.41, 5.74) is 14.5. The molecule has 66 heavy (non-hydrogen) atoms. The monoisotopic (exact) mass is 830 g/mol. The van der Waals surface area contributed by atoms with E-state index in [4.69, 9.17) is 0 Å². The van der Waals surface area contributed by atoms with Crippen LogP contribution in [0.1, 0.15) is 29.0 Å². The Balaban J connectivity index is 0.998. The van der Waals surface area contributed by atoms with Crippen LogP contribution in [0.2, 0.25) is 0 Å². The van der Waals surface area contributed by atoms with E-state index in [-0.39, 0.29) is 0 Å². The van der Waals surface area contributed by atoms with E-state index in [1.165, 1.54) is 158 Å². The summed E-state index contributed by atoms with van der Waals surface area (Å²) < 4.78 is 0. The zero-order valence-electron chi connectivity index (χ0n) is 36.0. The Hall–Kier alpha value is -8.32. The molecule has 0 amide bonds. The summed E-state index contributed by atoms with van der Waals surface area (Å²) in [5, 5.41) is 23.8. The highest BCUT2D eigenvalue weighted by Gasteiger charge is 2.31. The van der Waals surface area contributed by atoms with Crippen molar-refractivity contribution in [2.24, 2.45) is 0 Å². The van der Waals surface area contributed by atoms with Crippen LogP contribution in [0.4, 0.5) is 0 Å². The van der Waals surface area contributed by atoms with Gasteiger partial charge in [0, 0.05) is 5.92 Å². The quantitative estimate of drug-likeness (QED) is 0.123. The third-order valence-corrected chi connectivity index (χ3v) is 15.8. The van der Waals surface area contributed by atoms with Crippen LogP contribution >= 0.6 is 0 Å². The highest BCUT2D eigenvalue weighted by Crippen LogP contribution is 2.53. The minimum atomic E-state index is 0.321. The molecule has 0 heteroatoms. The van der Waals surface area contributed by atoms with E-state index >= 15 is 0 Å². The number of rotatable bonds is 3. The fraction of sp³-hybridized carbons (Fsp3) is 0.0303. The largest absolute Gasteiger partial charge is 0.0830 e. The minimum absolute atomic E-state index is 0.321. The molecule has 14 aromatic carbocycles. The van der Waals surface area contributed by atoms with Gasteiger partial charge in [-0.05, 0) is 183 Å². The summed E-state index contributed by atoms with van der Waals surface area (Å²) in [7, 11) is 0. The van der Waals surface area contributed by atoms with Crippen LogP contribution in [0.5, 0.6) is 0 Å². The fourth-order valence-electron chi connectivity index (χ4n) is 13.2. The first kappa shape index (κ1) is 35.1. The van der Waals surface area contributed by atoms with Crippen molar-refractivity contribution in [2.45, 2.75) is 12.3 Å². The summed E-state index contributed by atoms with van der Waals surface area (Å²) in [5.74, 6) is 0.321. The highest BCUT2D eigenvalue weighted by atomic mass is 14.3. The summed E-state index contributed by atoms with van der Waals surface area (Å²) in [6.07, 6.45) is 5.86. The van der Waals surface area contributed by atoms with E-state index in [1.807, 2.05) is 0 Å². The van der Waals surface area contributed by atoms with Crippen molar-refractivity contribution in [3.8, 4) is 44.5 Å². The number of fused-ring (bicyclic) bond motifs is 6. The van der Waals surface area contributed by atoms with E-state index < -0.39 is 0 Å². The van der Waals surface area contributed by atoms with Gasteiger partial charge in [0.2, 0.25) is 0 Å². The van der Waals surface area contributed by atoms with Crippen molar-refractivity contribution in [1.29, 1.82) is 0 Å². The molecule has 1 unspecified atom stereocenters. The molecule has 0 aliphatic heterocycles. The lowest BCUT2D eigenvalue weighted by Gasteiger charge is -2.33. The lowest BCUT2D eigenvalue weighted by Crippen LogP contribution is -2.13. The predicted molar refractivity (Wildman–Crippen MR) is 284 cm³/mol. The Morgan fingerprint density at radius 2 is 0.682 bits per heavy atom. The van der Waals surface area contributed by atoms with Crippen molar-refractivity contribution >= 4 is 103 Å². The van der Waals surface area contributed by atoms with Gasteiger partial charge >= 0.3 is 0 Å². The van der Waals surface area contributed by atoms with E-state index in [0.717, 1.165) is 6.42 Å². The van der Waals surface area contributed by atoms with Gasteiger partial charge in [-0.25, -0.2) is 0 Å². The molecular weight excluding hydrogens is 793 g/mol. The molecule has 0 heterocycles. The van der Waals surface area contributed by atoms with Crippen LogP contribution < -0.4 is 0 Å². The molecule has 302 valence electrons. The molecule has 0 N–H and O–H groups in total. The van der Waals surface area contributed by atoms with Crippen LogP contribution in [-0.4, -0.2) is 0 Å². The minimum Gasteiger partial charge on any atom is -0.0830 e. The van der Waals surface area contributed by atoms with Gasteiger partial charge in [0.05, 0.1) is 0 Å². The highest BCUT2D eigenvalue weighted by molar-refractivity contribution is 6.35. The first-order valence-electron chi connectivity index (χ1n) is 23.4. The van der Waals surface area contributed by atoms with Gasteiger partial charge in [0.25, 0.3) is 0 Å². The molecule has 0 fully saturated rings. The van der Waals surface area contributed by atoms with E-state index in [1.54, 1.807) is 0 Å². The Morgan fingerprint density at radius 3 is 1.23 bits per heavy atom. The topological polar surface area (TPSA) is 0 Å². The predicted octanol–water partition coefficient (Wildman–Crippen LogP) is 18.5. The lowest BCUT2D eigenvalue weighted by atomic mass is 9.70. The summed E-state index contributed by atoms with van der Waals surface area (Å²) in [6, 6.07) is 76.6. The maximum absolute atomic E-state index is 2.49. The molecule has 0 bridgehead atoms. The molecule has 0 saturated heterocycles. The molecule has 0 nitrogen and oxygen atoms in total. The van der Waals surface area contributed by atoms with Crippen LogP contribution in [0.25, 0.3) is 148 Å². The average Bonchev–Trinajstić information content (AvgIpc) is 3.38. The molecule has 0 spiro atoms. The number of benzene rings is 14. The summed E-state index contributed by atoms with van der Waals surface area (Å²) in [6.45, 7) is 0. The number of allylic oxidation sites excluding steroid dienone is 1. The van der Waals surface area contributed by atoms with E-state index in [0.29, 0.717) is 5.92 Å². The first-order chi connectivity index (χ1) is 32.7.